The number of methoxy groups -OCH3 is 2. The monoisotopic (exact) mass is 975 g/mol. The Balaban J connectivity index is 0.923. The fraction of sp³-hybridized carbons (Fsp3) is 0.0833. The van der Waals surface area contributed by atoms with E-state index in [1.807, 2.05) is 44.2 Å². The maximum Gasteiger partial charge on any atom is 0.295 e. The van der Waals surface area contributed by atoms with Crippen LogP contribution in [0.25, 0.3) is 38.3 Å². The van der Waals surface area contributed by atoms with Crippen LogP contribution in [0.1, 0.15) is 11.1 Å². The van der Waals surface area contributed by atoms with Crippen molar-refractivity contribution in [2.75, 3.05) is 14.2 Å². The number of azo groups is 4. The van der Waals surface area contributed by atoms with E-state index in [4.69, 9.17) is 9.47 Å². The van der Waals surface area contributed by atoms with Gasteiger partial charge in [0.05, 0.1) is 53.2 Å². The lowest BCUT2D eigenvalue weighted by Gasteiger charge is -2.09. The second kappa shape index (κ2) is 18.8. The first-order valence-corrected chi connectivity index (χ1v) is 23.7. The Kier molecular flexibility index (Phi) is 12.4. The molecule has 20 nitrogen and oxygen atoms in total. The molecule has 9 aromatic rings. The molecule has 9 rings (SSSR count). The summed E-state index contributed by atoms with van der Waals surface area (Å²) in [5.74, 6) is 0.609. The van der Waals surface area contributed by atoms with E-state index in [-0.39, 0.29) is 33.2 Å². The van der Waals surface area contributed by atoms with Crippen molar-refractivity contribution in [3.63, 3.8) is 0 Å². The van der Waals surface area contributed by atoms with Gasteiger partial charge in [0.2, 0.25) is 0 Å². The zero-order valence-corrected chi connectivity index (χ0v) is 38.9. The van der Waals surface area contributed by atoms with Crippen LogP contribution in [0.4, 0.5) is 45.5 Å². The fourth-order valence-corrected chi connectivity index (χ4v) is 8.61. The van der Waals surface area contributed by atoms with E-state index in [9.17, 15) is 31.0 Å². The number of ether oxygens (including phenoxy) is 2. The predicted molar refractivity (Wildman–Crippen MR) is 260 cm³/mol. The second-order valence-corrected chi connectivity index (χ2v) is 18.3. The molecule has 0 bridgehead atoms. The van der Waals surface area contributed by atoms with Crippen LogP contribution >= 0.6 is 0 Å². The summed E-state index contributed by atoms with van der Waals surface area (Å²) in [4.78, 5) is -0.238. The number of fused-ring (bicyclic) bond motifs is 4. The summed E-state index contributed by atoms with van der Waals surface area (Å²) in [5.41, 5.74) is 6.39. The molecule has 0 saturated carbocycles. The highest BCUT2D eigenvalue weighted by molar-refractivity contribution is 7.86. The lowest BCUT2D eigenvalue weighted by Crippen LogP contribution is -2.04. The van der Waals surface area contributed by atoms with E-state index in [1.165, 1.54) is 31.1 Å². The Morgan fingerprint density at radius 3 is 1.63 bits per heavy atom. The topological polar surface area (TPSA) is 277 Å². The first-order chi connectivity index (χ1) is 33.6. The van der Waals surface area contributed by atoms with Gasteiger partial charge in [-0.2, -0.15) is 47.2 Å². The maximum absolute atomic E-state index is 12.2. The number of aromatic hydroxyl groups is 1. The zero-order valence-electron chi connectivity index (χ0n) is 37.2. The molecule has 0 radical (unpaired) electrons. The van der Waals surface area contributed by atoms with Gasteiger partial charge in [-0.15, -0.1) is 25.5 Å². The van der Waals surface area contributed by atoms with E-state index in [1.54, 1.807) is 78.9 Å². The maximum atomic E-state index is 12.2. The van der Waals surface area contributed by atoms with Gasteiger partial charge in [0.25, 0.3) is 20.2 Å². The molecule has 0 fully saturated rings. The number of phenols is 1. The van der Waals surface area contributed by atoms with Crippen molar-refractivity contribution in [2.24, 2.45) is 40.9 Å². The average molecular weight is 976 g/mol. The Morgan fingerprint density at radius 2 is 1.04 bits per heavy atom. The first kappa shape index (κ1) is 46.4. The Hall–Kier alpha value is -8.70. The van der Waals surface area contributed by atoms with Gasteiger partial charge < -0.3 is 14.6 Å². The van der Waals surface area contributed by atoms with Crippen molar-refractivity contribution in [1.82, 2.24) is 15.0 Å². The van der Waals surface area contributed by atoms with Crippen LogP contribution in [0.3, 0.4) is 0 Å². The van der Waals surface area contributed by atoms with Gasteiger partial charge in [-0.25, -0.2) is 0 Å². The third-order valence-electron chi connectivity index (χ3n) is 10.9. The summed E-state index contributed by atoms with van der Waals surface area (Å²) in [5, 5.41) is 56.3. The molecule has 0 aliphatic rings. The molecule has 22 heteroatoms. The molecule has 0 spiro atoms. The largest absolute Gasteiger partial charge is 0.505 e. The minimum absolute atomic E-state index is 0.00667. The third kappa shape index (κ3) is 9.68. The Labute approximate surface area is 398 Å². The van der Waals surface area contributed by atoms with Crippen LogP contribution in [0.2, 0.25) is 0 Å². The molecule has 0 atom stereocenters. The number of nitrogens with zero attached hydrogens (tertiary/aromatic N) is 11. The molecule has 0 aliphatic heterocycles. The van der Waals surface area contributed by atoms with Gasteiger partial charge in [0.15, 0.2) is 5.75 Å². The van der Waals surface area contributed by atoms with Gasteiger partial charge >= 0.3 is 0 Å². The van der Waals surface area contributed by atoms with E-state index >= 15 is 0 Å². The van der Waals surface area contributed by atoms with Crippen LogP contribution in [-0.2, 0) is 20.2 Å². The number of phenolic OH excluding ortho intramolecular Hbond substituents is 1. The quantitative estimate of drug-likeness (QED) is 0.0721. The summed E-state index contributed by atoms with van der Waals surface area (Å²) in [6.07, 6.45) is 0. The SMILES string of the molecule is COc1cc(N=Nc2ccc(N=Nc3ccccc3)cc2)c(C)cc1N=Nc1cc(OC)c(N=Nc2ccc3cc(-n4nc5ccc6c(S(=O)(=O)O)cc(S(=O)(=O)O)cc6c5n4)ccc3c2O)cc1C. The van der Waals surface area contributed by atoms with Crippen molar-refractivity contribution >= 4 is 98.3 Å². The number of aromatic nitrogens is 3. The molecule has 0 saturated heterocycles. The lowest BCUT2D eigenvalue weighted by atomic mass is 10.1. The molecule has 8 aromatic carbocycles. The van der Waals surface area contributed by atoms with Gasteiger partial charge in [0, 0.05) is 28.3 Å². The predicted octanol–water partition coefficient (Wildman–Crippen LogP) is 13.2. The van der Waals surface area contributed by atoms with Crippen LogP contribution in [-0.4, -0.2) is 60.3 Å². The average Bonchev–Trinajstić information content (AvgIpc) is 3.80. The van der Waals surface area contributed by atoms with E-state index in [0.717, 1.165) is 17.3 Å². The highest BCUT2D eigenvalue weighted by Crippen LogP contribution is 2.42. The number of benzene rings is 8. The van der Waals surface area contributed by atoms with Crippen molar-refractivity contribution in [1.29, 1.82) is 0 Å². The molecule has 3 N–H and O–H groups in total. The second-order valence-electron chi connectivity index (χ2n) is 15.5. The molecule has 0 amide bonds. The molecule has 1 heterocycles. The van der Waals surface area contributed by atoms with Gasteiger partial charge in [-0.3, -0.25) is 9.11 Å². The minimum atomic E-state index is -4.91. The van der Waals surface area contributed by atoms with Crippen molar-refractivity contribution in [3.05, 3.63) is 145 Å². The summed E-state index contributed by atoms with van der Waals surface area (Å²) < 4.78 is 79.2. The number of hydrogen-bond acceptors (Lipinski definition) is 17. The highest BCUT2D eigenvalue weighted by Gasteiger charge is 2.23. The first-order valence-electron chi connectivity index (χ1n) is 20.8. The summed E-state index contributed by atoms with van der Waals surface area (Å²) >= 11 is 0. The van der Waals surface area contributed by atoms with Gasteiger partial charge in [-0.1, -0.05) is 30.3 Å². The molecule has 70 heavy (non-hydrogen) atoms. The fourth-order valence-electron chi connectivity index (χ4n) is 7.27. The molecule has 1 aromatic heterocycles. The Bertz CT molecular complexity index is 3900. The highest BCUT2D eigenvalue weighted by atomic mass is 32.2. The van der Waals surface area contributed by atoms with Crippen LogP contribution < -0.4 is 9.47 Å². The standard InChI is InChI=1S/C48H37N11O9S2/c1-27-20-43(44(67-3)25-40(27)53-51-32-13-11-31(12-14-32)50-49-30-8-6-5-7-9-30)56-54-41-26-45(68-4)42(21-28(41)2)55-52-39-18-10-29-22-33(15-16-35(29)48(39)60)59-57-38-19-17-36-37(47(38)58-59)23-34(69(61,62)63)24-46(36)70(64,65)66/h5-26,60H,1-4H3,(H,61,62,63)(H,64,65,66). The van der Waals surface area contributed by atoms with E-state index in [0.29, 0.717) is 73.7 Å². The Morgan fingerprint density at radius 1 is 0.500 bits per heavy atom. The number of hydrogen-bond donors (Lipinski definition) is 3. The van der Waals surface area contributed by atoms with Gasteiger partial charge in [-0.05, 0) is 121 Å². The number of aryl methyl sites for hydroxylation is 2. The minimum Gasteiger partial charge on any atom is -0.505 e. The zero-order chi connectivity index (χ0) is 49.3. The number of rotatable bonds is 13. The summed E-state index contributed by atoms with van der Waals surface area (Å²) in [6, 6.07) is 36.3. The molecule has 0 unspecified atom stereocenters. The molecule has 350 valence electrons. The third-order valence-corrected chi connectivity index (χ3v) is 12.6. The molecular formula is C48H37N11O9S2. The van der Waals surface area contributed by atoms with Crippen molar-refractivity contribution in [3.8, 4) is 22.9 Å². The van der Waals surface area contributed by atoms with E-state index in [2.05, 4.69) is 51.1 Å². The van der Waals surface area contributed by atoms with Crippen molar-refractivity contribution < 1.29 is 40.5 Å². The smallest absolute Gasteiger partial charge is 0.295 e. The van der Waals surface area contributed by atoms with Crippen LogP contribution in [0.5, 0.6) is 17.2 Å². The molecular weight excluding hydrogens is 939 g/mol. The van der Waals surface area contributed by atoms with Crippen LogP contribution in [0, 0.1) is 13.8 Å². The summed E-state index contributed by atoms with van der Waals surface area (Å²) in [7, 11) is -6.77. The van der Waals surface area contributed by atoms with Crippen LogP contribution in [0.15, 0.2) is 184 Å². The van der Waals surface area contributed by atoms with Crippen molar-refractivity contribution in [2.45, 2.75) is 23.6 Å². The molecule has 0 aliphatic carbocycles. The lowest BCUT2D eigenvalue weighted by molar-refractivity contribution is 0.415. The van der Waals surface area contributed by atoms with Gasteiger partial charge in [0.1, 0.15) is 44.5 Å². The summed E-state index contributed by atoms with van der Waals surface area (Å²) in [6.45, 7) is 3.71. The normalized spacial score (nSPS) is 12.5. The van der Waals surface area contributed by atoms with E-state index < -0.39 is 30.0 Å².